The number of amides is 1. The number of nitrogens with zero attached hydrogens (tertiary/aromatic N) is 5. The van der Waals surface area contributed by atoms with Crippen molar-refractivity contribution < 1.29 is 18.7 Å². The molecule has 0 saturated carbocycles. The molecule has 9 heteroatoms. The van der Waals surface area contributed by atoms with E-state index in [9.17, 15) is 9.18 Å². The van der Waals surface area contributed by atoms with Crippen LogP contribution in [-0.2, 0) is 13.0 Å². The molecular weight excluding hydrogens is 461 g/mol. The van der Waals surface area contributed by atoms with Crippen LogP contribution in [0, 0.1) is 12.7 Å². The molecule has 188 valence electrons. The van der Waals surface area contributed by atoms with E-state index in [0.717, 1.165) is 37.4 Å². The molecule has 2 aliphatic rings. The minimum absolute atomic E-state index is 0.121. The van der Waals surface area contributed by atoms with E-state index in [1.165, 1.54) is 6.07 Å². The summed E-state index contributed by atoms with van der Waals surface area (Å²) < 4.78 is 25.5. The number of aryl methyl sites for hydroxylation is 1. The van der Waals surface area contributed by atoms with E-state index in [-0.39, 0.29) is 11.7 Å². The third-order valence-electron chi connectivity index (χ3n) is 6.77. The lowest BCUT2D eigenvalue weighted by atomic mass is 10.0. The Labute approximate surface area is 210 Å². The Morgan fingerprint density at radius 3 is 2.56 bits per heavy atom. The maximum absolute atomic E-state index is 13.9. The summed E-state index contributed by atoms with van der Waals surface area (Å²) in [5.74, 6) is 1.64. The smallest absolute Gasteiger partial charge is 0.257 e. The van der Waals surface area contributed by atoms with Crippen molar-refractivity contribution in [1.82, 2.24) is 19.8 Å². The molecule has 0 spiro atoms. The standard InChI is InChI=1S/C27H30FN5O3/c1-18-16-19(8-9-22(18)28)36-25-21-17-33(26(34)20-6-4-5-7-24(20)35-3)11-10-23(21)29-27(30-25)32-14-12-31(2)13-15-32/h4-9,16H,10-15,17H2,1-3H3. The van der Waals surface area contributed by atoms with E-state index in [1.54, 1.807) is 43.2 Å². The van der Waals surface area contributed by atoms with Crippen molar-refractivity contribution in [2.45, 2.75) is 19.9 Å². The number of carbonyl (C=O) groups is 1. The van der Waals surface area contributed by atoms with Crippen LogP contribution in [0.15, 0.2) is 42.5 Å². The van der Waals surface area contributed by atoms with Crippen LogP contribution in [-0.4, -0.2) is 72.6 Å². The van der Waals surface area contributed by atoms with Gasteiger partial charge in [0.1, 0.15) is 17.3 Å². The summed E-state index contributed by atoms with van der Waals surface area (Å²) in [5, 5.41) is 0. The number of likely N-dealkylation sites (N-methyl/N-ethyl adjacent to an activating group) is 1. The number of benzene rings is 2. The van der Waals surface area contributed by atoms with Gasteiger partial charge in [0.2, 0.25) is 11.8 Å². The van der Waals surface area contributed by atoms with Crippen LogP contribution in [0.3, 0.4) is 0 Å². The molecular formula is C27H30FN5O3. The highest BCUT2D eigenvalue weighted by Gasteiger charge is 2.30. The quantitative estimate of drug-likeness (QED) is 0.539. The van der Waals surface area contributed by atoms with Crippen molar-refractivity contribution in [2.75, 3.05) is 51.8 Å². The molecule has 0 unspecified atom stereocenters. The molecule has 2 aromatic carbocycles. The van der Waals surface area contributed by atoms with Gasteiger partial charge in [-0.05, 0) is 49.9 Å². The van der Waals surface area contributed by atoms with E-state index in [4.69, 9.17) is 19.4 Å². The number of piperazine rings is 1. The number of ether oxygens (including phenoxy) is 2. The Kier molecular flexibility index (Phi) is 6.73. The fraction of sp³-hybridized carbons (Fsp3) is 0.370. The SMILES string of the molecule is COc1ccccc1C(=O)N1CCc2nc(N3CCN(C)CC3)nc(Oc3ccc(F)c(C)c3)c2C1. The first kappa shape index (κ1) is 24.0. The molecule has 36 heavy (non-hydrogen) atoms. The second-order valence-corrected chi connectivity index (χ2v) is 9.23. The molecule has 0 bridgehead atoms. The number of para-hydroxylation sites is 1. The molecule has 1 amide bonds. The number of halogens is 1. The average Bonchev–Trinajstić information content (AvgIpc) is 2.90. The van der Waals surface area contributed by atoms with Crippen LogP contribution in [0.4, 0.5) is 10.3 Å². The maximum Gasteiger partial charge on any atom is 0.257 e. The van der Waals surface area contributed by atoms with Gasteiger partial charge in [-0.15, -0.1) is 0 Å². The van der Waals surface area contributed by atoms with Gasteiger partial charge in [0.15, 0.2) is 0 Å². The zero-order valence-electron chi connectivity index (χ0n) is 20.8. The van der Waals surface area contributed by atoms with E-state index in [0.29, 0.717) is 54.0 Å². The summed E-state index contributed by atoms with van der Waals surface area (Å²) >= 11 is 0. The average molecular weight is 492 g/mol. The third-order valence-corrected chi connectivity index (χ3v) is 6.77. The Bertz CT molecular complexity index is 1280. The first-order chi connectivity index (χ1) is 17.4. The Morgan fingerprint density at radius 1 is 1.03 bits per heavy atom. The van der Waals surface area contributed by atoms with Crippen LogP contribution < -0.4 is 14.4 Å². The van der Waals surface area contributed by atoms with Crippen LogP contribution in [0.1, 0.15) is 27.2 Å². The molecule has 1 saturated heterocycles. The molecule has 1 aromatic heterocycles. The van der Waals surface area contributed by atoms with Gasteiger partial charge in [-0.1, -0.05) is 12.1 Å². The highest BCUT2D eigenvalue weighted by atomic mass is 19.1. The molecule has 0 atom stereocenters. The van der Waals surface area contributed by atoms with E-state index in [1.807, 2.05) is 12.1 Å². The number of carbonyl (C=O) groups excluding carboxylic acids is 1. The van der Waals surface area contributed by atoms with Gasteiger partial charge in [-0.25, -0.2) is 9.37 Å². The van der Waals surface area contributed by atoms with Gasteiger partial charge < -0.3 is 24.2 Å². The van der Waals surface area contributed by atoms with Gasteiger partial charge in [0.25, 0.3) is 5.91 Å². The summed E-state index contributed by atoms with van der Waals surface area (Å²) in [4.78, 5) is 29.3. The zero-order valence-corrected chi connectivity index (χ0v) is 20.8. The van der Waals surface area contributed by atoms with Crippen molar-refractivity contribution in [3.63, 3.8) is 0 Å². The van der Waals surface area contributed by atoms with Crippen molar-refractivity contribution in [2.24, 2.45) is 0 Å². The van der Waals surface area contributed by atoms with E-state index >= 15 is 0 Å². The van der Waals surface area contributed by atoms with Gasteiger partial charge in [-0.2, -0.15) is 4.98 Å². The minimum Gasteiger partial charge on any atom is -0.496 e. The fourth-order valence-corrected chi connectivity index (χ4v) is 4.56. The second-order valence-electron chi connectivity index (χ2n) is 9.23. The van der Waals surface area contributed by atoms with Crippen LogP contribution in [0.5, 0.6) is 17.4 Å². The fourth-order valence-electron chi connectivity index (χ4n) is 4.56. The predicted molar refractivity (Wildman–Crippen MR) is 134 cm³/mol. The lowest BCUT2D eigenvalue weighted by Gasteiger charge is -2.34. The monoisotopic (exact) mass is 491 g/mol. The Morgan fingerprint density at radius 2 is 1.81 bits per heavy atom. The van der Waals surface area contributed by atoms with Crippen LogP contribution in [0.25, 0.3) is 0 Å². The van der Waals surface area contributed by atoms with Crippen molar-refractivity contribution in [1.29, 1.82) is 0 Å². The van der Waals surface area contributed by atoms with Crippen LogP contribution >= 0.6 is 0 Å². The predicted octanol–water partition coefficient (Wildman–Crippen LogP) is 3.68. The summed E-state index contributed by atoms with van der Waals surface area (Å²) in [6.07, 6.45) is 0.582. The van der Waals surface area contributed by atoms with Gasteiger partial charge >= 0.3 is 0 Å². The maximum atomic E-state index is 13.9. The Balaban J connectivity index is 1.49. The van der Waals surface area contributed by atoms with Crippen molar-refractivity contribution in [3.05, 3.63) is 70.7 Å². The summed E-state index contributed by atoms with van der Waals surface area (Å²) in [5.41, 5.74) is 2.64. The van der Waals surface area contributed by atoms with Gasteiger partial charge in [0, 0.05) is 39.1 Å². The second kappa shape index (κ2) is 10.1. The summed E-state index contributed by atoms with van der Waals surface area (Å²) in [7, 11) is 3.66. The number of anilines is 1. The lowest BCUT2D eigenvalue weighted by molar-refractivity contribution is 0.0728. The molecule has 2 aliphatic heterocycles. The molecule has 0 radical (unpaired) electrons. The molecule has 5 rings (SSSR count). The van der Waals surface area contributed by atoms with E-state index in [2.05, 4.69) is 16.8 Å². The third kappa shape index (κ3) is 4.83. The molecule has 8 nitrogen and oxygen atoms in total. The minimum atomic E-state index is -0.293. The zero-order chi connectivity index (χ0) is 25.2. The van der Waals surface area contributed by atoms with Crippen molar-refractivity contribution in [3.8, 4) is 17.4 Å². The topological polar surface area (TPSA) is 71.0 Å². The highest BCUT2D eigenvalue weighted by molar-refractivity contribution is 5.97. The summed E-state index contributed by atoms with van der Waals surface area (Å²) in [6, 6.07) is 11.8. The van der Waals surface area contributed by atoms with E-state index < -0.39 is 0 Å². The first-order valence-electron chi connectivity index (χ1n) is 12.1. The van der Waals surface area contributed by atoms with Crippen molar-refractivity contribution >= 4 is 11.9 Å². The number of aromatic nitrogens is 2. The molecule has 0 aliphatic carbocycles. The molecule has 0 N–H and O–H groups in total. The number of rotatable bonds is 5. The number of methoxy groups -OCH3 is 1. The molecule has 1 fully saturated rings. The summed E-state index contributed by atoms with van der Waals surface area (Å²) in [6.45, 7) is 6.03. The highest BCUT2D eigenvalue weighted by Crippen LogP contribution is 2.33. The van der Waals surface area contributed by atoms with Gasteiger partial charge in [-0.3, -0.25) is 4.79 Å². The number of hydrogen-bond acceptors (Lipinski definition) is 7. The largest absolute Gasteiger partial charge is 0.496 e. The Hall–Kier alpha value is -3.72. The van der Waals surface area contributed by atoms with Crippen LogP contribution in [0.2, 0.25) is 0 Å². The lowest BCUT2D eigenvalue weighted by Crippen LogP contribution is -2.45. The van der Waals surface area contributed by atoms with Gasteiger partial charge in [0.05, 0.1) is 30.5 Å². The first-order valence-corrected chi connectivity index (χ1v) is 12.1. The normalized spacial score (nSPS) is 16.0. The molecule has 3 aromatic rings. The molecule has 3 heterocycles. The number of hydrogen-bond donors (Lipinski definition) is 0. The number of fused-ring (bicyclic) bond motifs is 1.